The third-order valence-electron chi connectivity index (χ3n) is 3.02. The van der Waals surface area contributed by atoms with Gasteiger partial charge >= 0.3 is 6.18 Å². The number of halogens is 4. The van der Waals surface area contributed by atoms with Crippen LogP contribution in [0, 0.1) is 5.92 Å². The number of hydrogen-bond donors (Lipinski definition) is 1. The van der Waals surface area contributed by atoms with Crippen LogP contribution in [0.15, 0.2) is 22.7 Å². The van der Waals surface area contributed by atoms with E-state index in [0.29, 0.717) is 24.7 Å². The van der Waals surface area contributed by atoms with Gasteiger partial charge in [0.2, 0.25) is 0 Å². The third kappa shape index (κ3) is 6.70. The molecule has 1 aromatic carbocycles. The summed E-state index contributed by atoms with van der Waals surface area (Å²) in [6.45, 7) is 6.96. The summed E-state index contributed by atoms with van der Waals surface area (Å²) < 4.78 is 38.4. The summed E-state index contributed by atoms with van der Waals surface area (Å²) in [6, 6.07) is 5.36. The van der Waals surface area contributed by atoms with E-state index in [9.17, 15) is 13.2 Å². The maximum absolute atomic E-state index is 12.5. The lowest BCUT2D eigenvalue weighted by Crippen LogP contribution is -2.34. The highest BCUT2D eigenvalue weighted by Crippen LogP contribution is 2.27. The van der Waals surface area contributed by atoms with Gasteiger partial charge in [-0.05, 0) is 37.1 Å². The van der Waals surface area contributed by atoms with E-state index in [1.54, 1.807) is 19.1 Å². The molecule has 2 nitrogen and oxygen atoms in total. The van der Waals surface area contributed by atoms with Gasteiger partial charge in [0, 0.05) is 23.2 Å². The molecule has 0 bridgehead atoms. The van der Waals surface area contributed by atoms with E-state index < -0.39 is 12.7 Å². The monoisotopic (exact) mass is 366 g/mol. The predicted molar refractivity (Wildman–Crippen MR) is 84.6 cm³/mol. The van der Waals surface area contributed by atoms with Gasteiger partial charge < -0.3 is 10.2 Å². The van der Waals surface area contributed by atoms with Crippen molar-refractivity contribution in [3.8, 4) is 0 Å². The topological polar surface area (TPSA) is 15.3 Å². The van der Waals surface area contributed by atoms with Crippen molar-refractivity contribution in [2.45, 2.75) is 33.5 Å². The van der Waals surface area contributed by atoms with Gasteiger partial charge in [-0.2, -0.15) is 13.2 Å². The smallest absolute Gasteiger partial charge is 0.363 e. The Hall–Kier alpha value is -0.750. The molecule has 0 fully saturated rings. The molecule has 0 atom stereocenters. The second-order valence-corrected chi connectivity index (χ2v) is 6.28. The second-order valence-electron chi connectivity index (χ2n) is 5.43. The number of anilines is 1. The van der Waals surface area contributed by atoms with E-state index in [4.69, 9.17) is 0 Å². The molecule has 0 aliphatic rings. The van der Waals surface area contributed by atoms with Crippen molar-refractivity contribution in [2.24, 2.45) is 5.92 Å². The Morgan fingerprint density at radius 3 is 2.43 bits per heavy atom. The number of rotatable bonds is 7. The highest BCUT2D eigenvalue weighted by molar-refractivity contribution is 9.10. The van der Waals surface area contributed by atoms with Crippen LogP contribution in [0.25, 0.3) is 0 Å². The zero-order valence-corrected chi connectivity index (χ0v) is 14.2. The Kier molecular flexibility index (Phi) is 7.00. The second kappa shape index (κ2) is 8.03. The third-order valence-corrected chi connectivity index (χ3v) is 3.76. The molecule has 1 N–H and O–H groups in total. The molecule has 0 unspecified atom stereocenters. The summed E-state index contributed by atoms with van der Waals surface area (Å²) in [6.07, 6.45) is -4.19. The Morgan fingerprint density at radius 2 is 1.95 bits per heavy atom. The number of alkyl halides is 3. The Morgan fingerprint density at radius 1 is 1.29 bits per heavy atom. The zero-order valence-electron chi connectivity index (χ0n) is 12.6. The maximum Gasteiger partial charge on any atom is 0.405 e. The van der Waals surface area contributed by atoms with Crippen LogP contribution < -0.4 is 10.2 Å². The van der Waals surface area contributed by atoms with Crippen molar-refractivity contribution in [2.75, 3.05) is 24.5 Å². The molecule has 0 aliphatic heterocycles. The van der Waals surface area contributed by atoms with Crippen molar-refractivity contribution in [1.82, 2.24) is 5.32 Å². The van der Waals surface area contributed by atoms with Gasteiger partial charge in [-0.15, -0.1) is 0 Å². The minimum atomic E-state index is -4.19. The minimum Gasteiger partial charge on any atom is -0.363 e. The van der Waals surface area contributed by atoms with Crippen LogP contribution in [0.3, 0.4) is 0 Å². The minimum absolute atomic E-state index is 0.316. The molecule has 0 spiro atoms. The van der Waals surface area contributed by atoms with E-state index in [0.717, 1.165) is 16.6 Å². The van der Waals surface area contributed by atoms with E-state index >= 15 is 0 Å². The van der Waals surface area contributed by atoms with Crippen molar-refractivity contribution >= 4 is 21.6 Å². The van der Waals surface area contributed by atoms with Gasteiger partial charge in [0.1, 0.15) is 6.54 Å². The first kappa shape index (κ1) is 18.3. The molecule has 0 saturated carbocycles. The molecule has 0 aromatic heterocycles. The SMILES string of the molecule is CCN(CC(F)(F)F)c1ccc(CNCC(C)C)c(Br)c1. The standard InChI is InChI=1S/C15H22BrF3N2/c1-4-21(10-15(17,18)19)13-6-5-12(14(16)7-13)9-20-8-11(2)3/h5-7,11,20H,4,8-10H2,1-3H3. The highest BCUT2D eigenvalue weighted by atomic mass is 79.9. The number of benzene rings is 1. The highest BCUT2D eigenvalue weighted by Gasteiger charge is 2.30. The first-order chi connectivity index (χ1) is 9.73. The van der Waals surface area contributed by atoms with Crippen LogP contribution in [-0.4, -0.2) is 25.8 Å². The molecule has 0 aliphatic carbocycles. The molecular formula is C15H22BrF3N2. The molecule has 120 valence electrons. The average Bonchev–Trinajstić information content (AvgIpc) is 2.36. The summed E-state index contributed by atoms with van der Waals surface area (Å²) >= 11 is 3.44. The summed E-state index contributed by atoms with van der Waals surface area (Å²) in [5, 5.41) is 3.32. The fourth-order valence-corrected chi connectivity index (χ4v) is 2.48. The molecule has 0 saturated heterocycles. The first-order valence-corrected chi connectivity index (χ1v) is 7.83. The molecular weight excluding hydrogens is 345 g/mol. The lowest BCUT2D eigenvalue weighted by molar-refractivity contribution is -0.119. The summed E-state index contributed by atoms with van der Waals surface area (Å²) in [7, 11) is 0. The van der Waals surface area contributed by atoms with E-state index in [1.165, 1.54) is 4.90 Å². The van der Waals surface area contributed by atoms with Gasteiger partial charge in [-0.25, -0.2) is 0 Å². The average molecular weight is 367 g/mol. The van der Waals surface area contributed by atoms with Crippen molar-refractivity contribution in [3.63, 3.8) is 0 Å². The van der Waals surface area contributed by atoms with Gasteiger partial charge in [0.25, 0.3) is 0 Å². The van der Waals surface area contributed by atoms with Crippen molar-refractivity contribution in [1.29, 1.82) is 0 Å². The number of nitrogens with one attached hydrogen (secondary N) is 1. The number of hydrogen-bond acceptors (Lipinski definition) is 2. The maximum atomic E-state index is 12.5. The van der Waals surface area contributed by atoms with Crippen LogP contribution in [0.4, 0.5) is 18.9 Å². The van der Waals surface area contributed by atoms with Gasteiger partial charge in [-0.3, -0.25) is 0 Å². The summed E-state index contributed by atoms with van der Waals surface area (Å²) in [5.41, 5.74) is 1.62. The first-order valence-electron chi connectivity index (χ1n) is 7.03. The quantitative estimate of drug-likeness (QED) is 0.759. The van der Waals surface area contributed by atoms with Crippen LogP contribution >= 0.6 is 15.9 Å². The van der Waals surface area contributed by atoms with Gasteiger partial charge in [0.15, 0.2) is 0 Å². The predicted octanol–water partition coefficient (Wildman–Crippen LogP) is 4.58. The number of nitrogens with zero attached hydrogens (tertiary/aromatic N) is 1. The normalized spacial score (nSPS) is 12.0. The Labute approximate surface area is 132 Å². The fourth-order valence-electron chi connectivity index (χ4n) is 1.97. The van der Waals surface area contributed by atoms with Crippen LogP contribution in [0.5, 0.6) is 0 Å². The largest absolute Gasteiger partial charge is 0.405 e. The molecule has 1 rings (SSSR count). The lowest BCUT2D eigenvalue weighted by atomic mass is 10.1. The van der Waals surface area contributed by atoms with Crippen LogP contribution in [0.1, 0.15) is 26.3 Å². The van der Waals surface area contributed by atoms with E-state index in [-0.39, 0.29) is 0 Å². The molecule has 0 amide bonds. The molecule has 6 heteroatoms. The zero-order chi connectivity index (χ0) is 16.0. The van der Waals surface area contributed by atoms with Gasteiger partial charge in [-0.1, -0.05) is 35.8 Å². The van der Waals surface area contributed by atoms with E-state index in [2.05, 4.69) is 35.1 Å². The summed E-state index contributed by atoms with van der Waals surface area (Å²) in [4.78, 5) is 1.32. The van der Waals surface area contributed by atoms with E-state index in [1.807, 2.05) is 6.07 Å². The summed E-state index contributed by atoms with van der Waals surface area (Å²) in [5.74, 6) is 0.561. The van der Waals surface area contributed by atoms with Crippen molar-refractivity contribution in [3.05, 3.63) is 28.2 Å². The van der Waals surface area contributed by atoms with Crippen molar-refractivity contribution < 1.29 is 13.2 Å². The van der Waals surface area contributed by atoms with Gasteiger partial charge in [0.05, 0.1) is 0 Å². The molecule has 0 radical (unpaired) electrons. The molecule has 21 heavy (non-hydrogen) atoms. The lowest BCUT2D eigenvalue weighted by Gasteiger charge is -2.25. The van der Waals surface area contributed by atoms with Crippen LogP contribution in [-0.2, 0) is 6.54 Å². The molecule has 1 aromatic rings. The van der Waals surface area contributed by atoms with Crippen LogP contribution in [0.2, 0.25) is 0 Å². The Balaban J connectivity index is 2.75. The fraction of sp³-hybridized carbons (Fsp3) is 0.600. The molecule has 0 heterocycles. The Bertz CT molecular complexity index is 447.